The van der Waals surface area contributed by atoms with Crippen LogP contribution < -0.4 is 4.90 Å². The van der Waals surface area contributed by atoms with Gasteiger partial charge in [-0.3, -0.25) is 0 Å². The van der Waals surface area contributed by atoms with Crippen LogP contribution in [0, 0.1) is 11.8 Å². The standard InChI is InChI=1S/C54H44N2/c1-2-14-39(15-3-1)55-52-24-11-9-22-47(52)50-33-37(27-30-53(50)55)38-26-29-48-46-21-8-10-23-51(46)56(54(48)34-38)40-16-12-13-35(31-40)36-25-28-45-43-19-5-4-17-41(43)42-18-6-7-20-44(42)49(45)32-36/h1-5,8-17,19,21-26,28-34,37,41,43,47,52H,6-7,18,20,27H2. The second-order valence-corrected chi connectivity index (χ2v) is 16.6. The summed E-state index contributed by atoms with van der Waals surface area (Å²) in [5, 5.41) is 2.61. The van der Waals surface area contributed by atoms with E-state index in [0.29, 0.717) is 29.7 Å². The summed E-state index contributed by atoms with van der Waals surface area (Å²) in [4.78, 5) is 2.55. The zero-order chi connectivity index (χ0) is 36.7. The molecule has 0 radical (unpaired) electrons. The van der Waals surface area contributed by atoms with Gasteiger partial charge in [0.1, 0.15) is 0 Å². The van der Waals surface area contributed by atoms with Gasteiger partial charge in [0.2, 0.25) is 0 Å². The fourth-order valence-corrected chi connectivity index (χ4v) is 11.1. The first-order valence-corrected chi connectivity index (χ1v) is 20.8. The van der Waals surface area contributed by atoms with Crippen molar-refractivity contribution in [3.63, 3.8) is 0 Å². The minimum atomic E-state index is 0.311. The minimum Gasteiger partial charge on any atom is -0.334 e. The minimum absolute atomic E-state index is 0.311. The quantitative estimate of drug-likeness (QED) is 0.176. The SMILES string of the molecule is C1=CC2C3=C(CCCC3)c3cc(-c4cccc(-n5c6ccccc6c6ccc(C7C=C8C(=CC7)N(c7ccccc7)C7C=CC=CC87)cc65)c4)ccc3C2C=C1. The van der Waals surface area contributed by atoms with Crippen LogP contribution in [-0.4, -0.2) is 10.6 Å². The summed E-state index contributed by atoms with van der Waals surface area (Å²) in [6.45, 7) is 0. The first-order valence-electron chi connectivity index (χ1n) is 20.8. The van der Waals surface area contributed by atoms with Crippen molar-refractivity contribution >= 4 is 33.1 Å². The number of allylic oxidation sites excluding steroid dienone is 11. The van der Waals surface area contributed by atoms with Crippen molar-refractivity contribution in [1.82, 2.24) is 4.57 Å². The predicted molar refractivity (Wildman–Crippen MR) is 234 cm³/mol. The molecule has 5 aromatic carbocycles. The number of nitrogens with zero attached hydrogens (tertiary/aromatic N) is 2. The van der Waals surface area contributed by atoms with Crippen LogP contribution >= 0.6 is 0 Å². The van der Waals surface area contributed by atoms with Crippen molar-refractivity contribution in [3.8, 4) is 16.8 Å². The van der Waals surface area contributed by atoms with Crippen LogP contribution in [-0.2, 0) is 0 Å². The van der Waals surface area contributed by atoms with Crippen molar-refractivity contribution in [3.05, 3.63) is 210 Å². The second-order valence-electron chi connectivity index (χ2n) is 16.6. The molecule has 1 aliphatic heterocycles. The molecule has 12 rings (SSSR count). The number of fused-ring (bicyclic) bond motifs is 11. The number of benzene rings is 5. The summed E-state index contributed by atoms with van der Waals surface area (Å²) in [5.74, 6) is 1.65. The average molecular weight is 721 g/mol. The van der Waals surface area contributed by atoms with Crippen molar-refractivity contribution in [2.45, 2.75) is 50.0 Å². The average Bonchev–Trinajstić information content (AvgIpc) is 3.79. The normalized spacial score (nSPS) is 24.4. The van der Waals surface area contributed by atoms with Crippen molar-refractivity contribution in [1.29, 1.82) is 0 Å². The smallest absolute Gasteiger partial charge is 0.0629 e. The fourth-order valence-electron chi connectivity index (χ4n) is 11.1. The molecule has 2 heterocycles. The zero-order valence-corrected chi connectivity index (χ0v) is 31.6. The van der Waals surface area contributed by atoms with E-state index in [1.807, 2.05) is 0 Å². The molecule has 2 nitrogen and oxygen atoms in total. The molecule has 1 aromatic heterocycles. The molecule has 1 saturated heterocycles. The lowest BCUT2D eigenvalue weighted by atomic mass is 9.66. The number of hydrogen-bond acceptors (Lipinski definition) is 1. The molecule has 2 heteroatoms. The maximum atomic E-state index is 2.58. The molecule has 0 saturated carbocycles. The van der Waals surface area contributed by atoms with E-state index in [0.717, 1.165) is 6.42 Å². The second kappa shape index (κ2) is 12.7. The maximum Gasteiger partial charge on any atom is 0.0629 e. The molecule has 6 aromatic rings. The third-order valence-electron chi connectivity index (χ3n) is 13.6. The van der Waals surface area contributed by atoms with Crippen LogP contribution in [0.5, 0.6) is 0 Å². The summed E-state index contributed by atoms with van der Waals surface area (Å²) < 4.78 is 2.51. The summed E-state index contributed by atoms with van der Waals surface area (Å²) in [6, 6.07) is 44.0. The van der Waals surface area contributed by atoms with Crippen LogP contribution in [0.4, 0.5) is 5.69 Å². The van der Waals surface area contributed by atoms with Gasteiger partial charge in [-0.15, -0.1) is 0 Å². The van der Waals surface area contributed by atoms with Crippen LogP contribution in [0.3, 0.4) is 0 Å². The Morgan fingerprint density at radius 1 is 0.554 bits per heavy atom. The lowest BCUT2D eigenvalue weighted by Gasteiger charge is -2.38. The van der Waals surface area contributed by atoms with Gasteiger partial charge in [-0.25, -0.2) is 0 Å². The summed E-state index contributed by atoms with van der Waals surface area (Å²) >= 11 is 0. The Morgan fingerprint density at radius 2 is 1.32 bits per heavy atom. The van der Waals surface area contributed by atoms with E-state index in [1.165, 1.54) is 98.0 Å². The molecule has 0 N–H and O–H groups in total. The van der Waals surface area contributed by atoms with Crippen molar-refractivity contribution < 1.29 is 0 Å². The van der Waals surface area contributed by atoms with E-state index in [4.69, 9.17) is 0 Å². The molecule has 0 amide bonds. The molecule has 1 fully saturated rings. The van der Waals surface area contributed by atoms with Gasteiger partial charge in [0.15, 0.2) is 0 Å². The van der Waals surface area contributed by atoms with E-state index in [9.17, 15) is 0 Å². The zero-order valence-electron chi connectivity index (χ0n) is 31.6. The molecular formula is C54H44N2. The van der Waals surface area contributed by atoms with E-state index < -0.39 is 0 Å². The predicted octanol–water partition coefficient (Wildman–Crippen LogP) is 13.5. The molecule has 0 spiro atoms. The summed E-state index contributed by atoms with van der Waals surface area (Å²) in [5.41, 5.74) is 18.1. The monoisotopic (exact) mass is 720 g/mol. The summed E-state index contributed by atoms with van der Waals surface area (Å²) in [7, 11) is 0. The molecule has 56 heavy (non-hydrogen) atoms. The van der Waals surface area contributed by atoms with Gasteiger partial charge in [-0.2, -0.15) is 0 Å². The van der Waals surface area contributed by atoms with E-state index >= 15 is 0 Å². The van der Waals surface area contributed by atoms with E-state index in [1.54, 1.807) is 11.1 Å². The fraction of sp³-hybridized carbons (Fsp3) is 0.185. The van der Waals surface area contributed by atoms with Gasteiger partial charge in [0.25, 0.3) is 0 Å². The Morgan fingerprint density at radius 3 is 2.25 bits per heavy atom. The van der Waals surface area contributed by atoms with E-state index in [-0.39, 0.29) is 0 Å². The van der Waals surface area contributed by atoms with Gasteiger partial charge in [0, 0.05) is 51.5 Å². The lowest BCUT2D eigenvalue weighted by Crippen LogP contribution is -2.30. The molecule has 5 atom stereocenters. The third-order valence-corrected chi connectivity index (χ3v) is 13.6. The number of para-hydroxylation sites is 2. The summed E-state index contributed by atoms with van der Waals surface area (Å²) in [6.07, 6.45) is 29.7. The highest BCUT2D eigenvalue weighted by atomic mass is 15.2. The number of aromatic nitrogens is 1. The highest BCUT2D eigenvalue weighted by molar-refractivity contribution is 6.09. The third kappa shape index (κ3) is 4.88. The highest BCUT2D eigenvalue weighted by Gasteiger charge is 2.41. The first kappa shape index (κ1) is 32.2. The Labute approximate surface area is 329 Å². The highest BCUT2D eigenvalue weighted by Crippen LogP contribution is 2.52. The van der Waals surface area contributed by atoms with Gasteiger partial charge in [-0.1, -0.05) is 139 Å². The Bertz CT molecular complexity index is 2810. The van der Waals surface area contributed by atoms with Crippen LogP contribution in [0.2, 0.25) is 0 Å². The maximum absolute atomic E-state index is 2.58. The topological polar surface area (TPSA) is 8.17 Å². The van der Waals surface area contributed by atoms with Crippen LogP contribution in [0.1, 0.15) is 60.6 Å². The molecule has 270 valence electrons. The molecule has 6 aliphatic rings. The Balaban J connectivity index is 0.948. The van der Waals surface area contributed by atoms with Crippen LogP contribution in [0.25, 0.3) is 44.2 Å². The number of anilines is 1. The van der Waals surface area contributed by atoms with E-state index in [2.05, 4.69) is 185 Å². The van der Waals surface area contributed by atoms with Crippen LogP contribution in [0.15, 0.2) is 193 Å². The molecular weight excluding hydrogens is 677 g/mol. The Hall–Kier alpha value is -6.12. The van der Waals surface area contributed by atoms with Gasteiger partial charge in [-0.05, 0) is 114 Å². The first-order chi connectivity index (χ1) is 27.8. The number of hydrogen-bond donors (Lipinski definition) is 0. The Kier molecular flexibility index (Phi) is 7.30. The molecule has 5 aliphatic carbocycles. The van der Waals surface area contributed by atoms with Gasteiger partial charge in [0.05, 0.1) is 17.1 Å². The molecule has 5 unspecified atom stereocenters. The van der Waals surface area contributed by atoms with Crippen molar-refractivity contribution in [2.75, 3.05) is 4.90 Å². The van der Waals surface area contributed by atoms with Crippen molar-refractivity contribution in [2.24, 2.45) is 11.8 Å². The lowest BCUT2D eigenvalue weighted by molar-refractivity contribution is 0.575. The van der Waals surface area contributed by atoms with Gasteiger partial charge >= 0.3 is 0 Å². The number of rotatable bonds is 4. The molecule has 0 bridgehead atoms. The largest absolute Gasteiger partial charge is 0.334 e. The van der Waals surface area contributed by atoms with Gasteiger partial charge < -0.3 is 9.47 Å².